The number of nitrogens with zero attached hydrogens (tertiary/aromatic N) is 1. The van der Waals surface area contributed by atoms with Crippen molar-refractivity contribution in [3.05, 3.63) is 24.3 Å². The molecular weight excluding hydrogens is 389 g/mol. The molecule has 0 spiro atoms. The zero-order valence-corrected chi connectivity index (χ0v) is 15.9. The second kappa shape index (κ2) is 10.2. The summed E-state index contributed by atoms with van der Waals surface area (Å²) in [6.07, 6.45) is -4.88. The number of ether oxygens (including phenoxy) is 1. The van der Waals surface area contributed by atoms with Crippen LogP contribution in [0.2, 0.25) is 0 Å². The van der Waals surface area contributed by atoms with Gasteiger partial charge in [-0.1, -0.05) is 11.8 Å². The van der Waals surface area contributed by atoms with Gasteiger partial charge in [0.05, 0.1) is 6.61 Å². The highest BCUT2D eigenvalue weighted by molar-refractivity contribution is 7.99. The summed E-state index contributed by atoms with van der Waals surface area (Å²) in [6.45, 7) is 0.938. The van der Waals surface area contributed by atoms with Crippen molar-refractivity contribution in [2.45, 2.75) is 34.7 Å². The van der Waals surface area contributed by atoms with Gasteiger partial charge in [0.1, 0.15) is 29.9 Å². The van der Waals surface area contributed by atoms with Crippen LogP contribution in [0.4, 0.5) is 5.69 Å². The van der Waals surface area contributed by atoms with Crippen LogP contribution < -0.4 is 4.90 Å². The van der Waals surface area contributed by atoms with E-state index in [0.29, 0.717) is 24.8 Å². The molecule has 2 rings (SSSR count). The number of hydrogen-bond acceptors (Lipinski definition) is 7. The Balaban J connectivity index is 2.04. The number of benzene rings is 1. The molecule has 142 valence electrons. The van der Waals surface area contributed by atoms with E-state index in [1.54, 1.807) is 0 Å². The van der Waals surface area contributed by atoms with Crippen molar-refractivity contribution in [1.82, 2.24) is 0 Å². The van der Waals surface area contributed by atoms with Crippen LogP contribution in [0.25, 0.3) is 0 Å². The highest BCUT2D eigenvalue weighted by Gasteiger charge is 2.43. The minimum absolute atomic E-state index is 0.438. The van der Waals surface area contributed by atoms with Crippen molar-refractivity contribution in [2.75, 3.05) is 36.4 Å². The zero-order valence-electron chi connectivity index (χ0n) is 13.5. The summed E-state index contributed by atoms with van der Waals surface area (Å²) in [4.78, 5) is 2.90. The van der Waals surface area contributed by atoms with Crippen molar-refractivity contribution in [3.8, 4) is 0 Å². The molecule has 9 heteroatoms. The molecule has 25 heavy (non-hydrogen) atoms. The Kier molecular flexibility index (Phi) is 8.57. The molecule has 6 nitrogen and oxygen atoms in total. The summed E-state index contributed by atoms with van der Waals surface area (Å²) in [5, 5.41) is 39.0. The maximum absolute atomic E-state index is 10.1. The lowest BCUT2D eigenvalue weighted by molar-refractivity contribution is -0.205. The standard InChI is InChI=1S/C16H23Cl2NO5S/c17-5-7-19(8-6-18)10-1-3-11(4-2-10)25-16-15(23)14(22)13(21)12(9-20)24-16/h1-4,12-16,20-23H,5-9H2/t12-,13-,14+,15-,16+/m1/s1. The van der Waals surface area contributed by atoms with Crippen molar-refractivity contribution in [1.29, 1.82) is 0 Å². The van der Waals surface area contributed by atoms with E-state index in [4.69, 9.17) is 27.9 Å². The lowest BCUT2D eigenvalue weighted by Gasteiger charge is -2.39. The monoisotopic (exact) mass is 411 g/mol. The van der Waals surface area contributed by atoms with E-state index < -0.39 is 36.5 Å². The first-order chi connectivity index (χ1) is 12.0. The Bertz CT molecular complexity index is 516. The van der Waals surface area contributed by atoms with Crippen molar-refractivity contribution in [3.63, 3.8) is 0 Å². The topological polar surface area (TPSA) is 93.4 Å². The van der Waals surface area contributed by atoms with Gasteiger partial charge >= 0.3 is 0 Å². The first-order valence-corrected chi connectivity index (χ1v) is 9.90. The van der Waals surface area contributed by atoms with Crippen molar-refractivity contribution in [2.24, 2.45) is 0 Å². The number of alkyl halides is 2. The molecule has 1 aromatic carbocycles. The molecule has 4 N–H and O–H groups in total. The molecule has 0 radical (unpaired) electrons. The smallest absolute Gasteiger partial charge is 0.136 e. The van der Waals surface area contributed by atoms with Crippen LogP contribution in [-0.4, -0.2) is 81.7 Å². The predicted molar refractivity (Wildman–Crippen MR) is 99.7 cm³/mol. The minimum atomic E-state index is -1.37. The third-order valence-corrected chi connectivity index (χ3v) is 5.52. The van der Waals surface area contributed by atoms with E-state index in [9.17, 15) is 20.4 Å². The Morgan fingerprint density at radius 3 is 2.08 bits per heavy atom. The van der Waals surface area contributed by atoms with Crippen molar-refractivity contribution >= 4 is 40.7 Å². The van der Waals surface area contributed by atoms with Gasteiger partial charge in [0.25, 0.3) is 0 Å². The maximum atomic E-state index is 10.1. The van der Waals surface area contributed by atoms with Crippen LogP contribution in [0.5, 0.6) is 0 Å². The SMILES string of the molecule is OC[C@H]1O[C@@H](Sc2ccc(N(CCCl)CCCl)cc2)[C@H](O)[C@@H](O)[C@@H]1O. The molecule has 5 atom stereocenters. The molecule has 1 aromatic rings. The Morgan fingerprint density at radius 2 is 1.56 bits per heavy atom. The van der Waals surface area contributed by atoms with Gasteiger partial charge in [0, 0.05) is 35.4 Å². The molecule has 0 unspecified atom stereocenters. The van der Waals surface area contributed by atoms with Gasteiger partial charge in [-0.15, -0.1) is 23.2 Å². The van der Waals surface area contributed by atoms with E-state index in [-0.39, 0.29) is 0 Å². The van der Waals surface area contributed by atoms with Crippen LogP contribution in [0.3, 0.4) is 0 Å². The largest absolute Gasteiger partial charge is 0.394 e. The Labute approximate surface area is 161 Å². The van der Waals surface area contributed by atoms with E-state index in [0.717, 1.165) is 10.6 Å². The molecule has 1 heterocycles. The fourth-order valence-corrected chi connectivity index (χ4v) is 4.08. The van der Waals surface area contributed by atoms with Gasteiger partial charge < -0.3 is 30.1 Å². The first-order valence-electron chi connectivity index (χ1n) is 7.96. The average Bonchev–Trinajstić information content (AvgIpc) is 2.62. The summed E-state index contributed by atoms with van der Waals surface area (Å²) >= 11 is 12.8. The lowest BCUT2D eigenvalue weighted by Crippen LogP contribution is -2.57. The molecule has 0 amide bonds. The Hall–Kier alpha value is -0.250. The molecule has 1 aliphatic rings. The van der Waals surface area contributed by atoms with E-state index in [1.165, 1.54) is 11.8 Å². The van der Waals surface area contributed by atoms with E-state index in [1.807, 2.05) is 24.3 Å². The Morgan fingerprint density at radius 1 is 0.960 bits per heavy atom. The summed E-state index contributed by atoms with van der Waals surface area (Å²) < 4.78 is 5.50. The third-order valence-electron chi connectivity index (χ3n) is 4.01. The van der Waals surface area contributed by atoms with Crippen LogP contribution >= 0.6 is 35.0 Å². The fourth-order valence-electron chi connectivity index (χ4n) is 2.61. The number of hydrogen-bond donors (Lipinski definition) is 4. The highest BCUT2D eigenvalue weighted by Crippen LogP contribution is 2.34. The summed E-state index contributed by atoms with van der Waals surface area (Å²) in [5.74, 6) is 0.997. The number of aliphatic hydroxyl groups excluding tert-OH is 4. The highest BCUT2D eigenvalue weighted by atomic mass is 35.5. The van der Waals surface area contributed by atoms with Crippen molar-refractivity contribution < 1.29 is 25.2 Å². The number of aliphatic hydroxyl groups is 4. The normalized spacial score (nSPS) is 29.6. The first kappa shape index (κ1) is 21.1. The second-order valence-electron chi connectivity index (χ2n) is 5.67. The van der Waals surface area contributed by atoms with Gasteiger partial charge in [-0.3, -0.25) is 0 Å². The number of rotatable bonds is 8. The summed E-state index contributed by atoms with van der Waals surface area (Å²) in [5.41, 5.74) is 0.197. The molecule has 1 saturated heterocycles. The predicted octanol–water partition coefficient (Wildman–Crippen LogP) is 0.863. The number of thioether (sulfide) groups is 1. The minimum Gasteiger partial charge on any atom is -0.394 e. The molecule has 0 aliphatic carbocycles. The van der Waals surface area contributed by atoms with Crippen LogP contribution in [0, 0.1) is 0 Å². The second-order valence-corrected chi connectivity index (χ2v) is 7.60. The molecule has 1 aliphatic heterocycles. The summed E-state index contributed by atoms with van der Waals surface area (Å²) in [7, 11) is 0. The number of anilines is 1. The van der Waals surface area contributed by atoms with E-state index >= 15 is 0 Å². The average molecular weight is 412 g/mol. The van der Waals surface area contributed by atoms with Gasteiger partial charge in [0.2, 0.25) is 0 Å². The summed E-state index contributed by atoms with van der Waals surface area (Å²) in [6, 6.07) is 7.59. The number of halogens is 2. The van der Waals surface area contributed by atoms with Gasteiger partial charge in [-0.05, 0) is 24.3 Å². The lowest BCUT2D eigenvalue weighted by atomic mass is 10.0. The van der Waals surface area contributed by atoms with Gasteiger partial charge in [-0.2, -0.15) is 0 Å². The maximum Gasteiger partial charge on any atom is 0.136 e. The van der Waals surface area contributed by atoms with Gasteiger partial charge in [-0.25, -0.2) is 0 Å². The van der Waals surface area contributed by atoms with Crippen LogP contribution in [0.15, 0.2) is 29.2 Å². The molecular formula is C16H23Cl2NO5S. The van der Waals surface area contributed by atoms with Crippen LogP contribution in [-0.2, 0) is 4.74 Å². The zero-order chi connectivity index (χ0) is 18.4. The molecule has 1 fully saturated rings. The van der Waals surface area contributed by atoms with Gasteiger partial charge in [0.15, 0.2) is 0 Å². The van der Waals surface area contributed by atoms with E-state index in [2.05, 4.69) is 4.90 Å². The molecule has 0 bridgehead atoms. The third kappa shape index (κ3) is 5.37. The fraction of sp³-hybridized carbons (Fsp3) is 0.625. The van der Waals surface area contributed by atoms with Crippen LogP contribution in [0.1, 0.15) is 0 Å². The quantitative estimate of drug-likeness (QED) is 0.471. The molecule has 0 aromatic heterocycles. The molecule has 0 saturated carbocycles.